The lowest BCUT2D eigenvalue weighted by molar-refractivity contribution is 0.227. The molecule has 0 aromatic heterocycles. The fourth-order valence-electron chi connectivity index (χ4n) is 2.87. The Bertz CT molecular complexity index is 407. The maximum atomic E-state index is 13.1. The Labute approximate surface area is 117 Å². The highest BCUT2D eigenvalue weighted by Crippen LogP contribution is 2.28. The predicted molar refractivity (Wildman–Crippen MR) is 76.9 cm³/mol. The molecule has 0 radical (unpaired) electrons. The van der Waals surface area contributed by atoms with Crippen molar-refractivity contribution in [2.75, 3.05) is 0 Å². The lowest BCUT2D eigenvalue weighted by Gasteiger charge is -2.33. The first kappa shape index (κ1) is 14.0. The minimum Gasteiger partial charge on any atom is -0.310 e. The summed E-state index contributed by atoms with van der Waals surface area (Å²) in [5.41, 5.74) is 1.13. The molecule has 0 heterocycles. The molecule has 1 fully saturated rings. The molecule has 0 saturated heterocycles. The van der Waals surface area contributed by atoms with Gasteiger partial charge < -0.3 is 5.32 Å². The first-order valence-corrected chi connectivity index (χ1v) is 7.53. The predicted octanol–water partition coefficient (Wildman–Crippen LogP) is 4.50. The highest BCUT2D eigenvalue weighted by Gasteiger charge is 2.24. The second-order valence-electron chi connectivity index (χ2n) is 5.63. The summed E-state index contributed by atoms with van der Waals surface area (Å²) in [6, 6.07) is 5.83. The Hall–Kier alpha value is -0.410. The van der Waals surface area contributed by atoms with Gasteiger partial charge in [-0.05, 0) is 64.7 Å². The van der Waals surface area contributed by atoms with Gasteiger partial charge in [-0.2, -0.15) is 0 Å². The molecule has 1 aliphatic carbocycles. The largest absolute Gasteiger partial charge is 0.310 e. The van der Waals surface area contributed by atoms with E-state index in [0.29, 0.717) is 10.5 Å². The molecular weight excluding hydrogens is 293 g/mol. The molecule has 1 saturated carbocycles. The van der Waals surface area contributed by atoms with Crippen LogP contribution in [0.3, 0.4) is 0 Å². The molecule has 1 aliphatic rings. The molecule has 1 nitrogen and oxygen atoms in total. The van der Waals surface area contributed by atoms with Gasteiger partial charge in [0.1, 0.15) is 5.82 Å². The SMILES string of the molecule is CC1CCC(NCc2ccc(F)c(Br)c2)C(C)C1. The summed E-state index contributed by atoms with van der Waals surface area (Å²) in [5, 5.41) is 3.61. The number of hydrogen-bond donors (Lipinski definition) is 1. The van der Waals surface area contributed by atoms with Crippen LogP contribution in [-0.4, -0.2) is 6.04 Å². The molecular formula is C15H21BrFN. The molecule has 0 amide bonds. The van der Waals surface area contributed by atoms with E-state index < -0.39 is 0 Å². The van der Waals surface area contributed by atoms with Crippen LogP contribution in [-0.2, 0) is 6.54 Å². The molecule has 100 valence electrons. The van der Waals surface area contributed by atoms with E-state index in [2.05, 4.69) is 35.1 Å². The van der Waals surface area contributed by atoms with E-state index in [9.17, 15) is 4.39 Å². The van der Waals surface area contributed by atoms with E-state index in [1.165, 1.54) is 25.3 Å². The summed E-state index contributed by atoms with van der Waals surface area (Å²) in [4.78, 5) is 0. The molecule has 3 unspecified atom stereocenters. The van der Waals surface area contributed by atoms with Gasteiger partial charge in [-0.15, -0.1) is 0 Å². The maximum absolute atomic E-state index is 13.1. The molecule has 18 heavy (non-hydrogen) atoms. The smallest absolute Gasteiger partial charge is 0.137 e. The quantitative estimate of drug-likeness (QED) is 0.866. The molecule has 1 aromatic carbocycles. The summed E-state index contributed by atoms with van der Waals surface area (Å²) in [5.74, 6) is 1.40. The van der Waals surface area contributed by atoms with Gasteiger partial charge in [0.05, 0.1) is 4.47 Å². The van der Waals surface area contributed by atoms with Crippen LogP contribution < -0.4 is 5.32 Å². The zero-order valence-electron chi connectivity index (χ0n) is 11.0. The Kier molecular flexibility index (Phi) is 4.79. The second-order valence-corrected chi connectivity index (χ2v) is 6.49. The zero-order valence-corrected chi connectivity index (χ0v) is 12.6. The van der Waals surface area contributed by atoms with Crippen LogP contribution in [0.5, 0.6) is 0 Å². The van der Waals surface area contributed by atoms with E-state index in [1.807, 2.05) is 12.1 Å². The van der Waals surface area contributed by atoms with Crippen molar-refractivity contribution in [3.63, 3.8) is 0 Å². The Morgan fingerprint density at radius 3 is 2.78 bits per heavy atom. The summed E-state index contributed by atoms with van der Waals surface area (Å²) >= 11 is 3.23. The number of rotatable bonds is 3. The van der Waals surface area contributed by atoms with Crippen LogP contribution >= 0.6 is 15.9 Å². The van der Waals surface area contributed by atoms with Crippen LogP contribution in [0.2, 0.25) is 0 Å². The first-order valence-electron chi connectivity index (χ1n) is 6.73. The molecule has 1 aromatic rings. The number of halogens is 2. The molecule has 3 heteroatoms. The van der Waals surface area contributed by atoms with Gasteiger partial charge in [0.2, 0.25) is 0 Å². The molecule has 3 atom stereocenters. The standard InChI is InChI=1S/C15H21BrFN/c1-10-3-6-15(11(2)7-10)18-9-12-4-5-14(17)13(16)8-12/h4-5,8,10-11,15,18H,3,6-7,9H2,1-2H3. The van der Waals surface area contributed by atoms with Gasteiger partial charge in [-0.1, -0.05) is 19.9 Å². The molecule has 0 aliphatic heterocycles. The van der Waals surface area contributed by atoms with Gasteiger partial charge in [-0.3, -0.25) is 0 Å². The lowest BCUT2D eigenvalue weighted by atomic mass is 9.80. The van der Waals surface area contributed by atoms with Crippen molar-refractivity contribution in [2.24, 2.45) is 11.8 Å². The monoisotopic (exact) mass is 313 g/mol. The minimum atomic E-state index is -0.196. The number of nitrogens with one attached hydrogen (secondary N) is 1. The highest BCUT2D eigenvalue weighted by molar-refractivity contribution is 9.10. The van der Waals surface area contributed by atoms with E-state index in [-0.39, 0.29) is 5.82 Å². The van der Waals surface area contributed by atoms with Crippen molar-refractivity contribution in [3.8, 4) is 0 Å². The third-order valence-corrected chi connectivity index (χ3v) is 4.59. The fourth-order valence-corrected chi connectivity index (χ4v) is 3.29. The number of benzene rings is 1. The average molecular weight is 314 g/mol. The summed E-state index contributed by atoms with van der Waals surface area (Å²) in [7, 11) is 0. The van der Waals surface area contributed by atoms with E-state index in [0.717, 1.165) is 23.9 Å². The van der Waals surface area contributed by atoms with E-state index >= 15 is 0 Å². The molecule has 0 spiro atoms. The van der Waals surface area contributed by atoms with Crippen molar-refractivity contribution in [1.82, 2.24) is 5.32 Å². The Morgan fingerprint density at radius 2 is 2.11 bits per heavy atom. The van der Waals surface area contributed by atoms with Crippen molar-refractivity contribution in [2.45, 2.75) is 45.7 Å². The van der Waals surface area contributed by atoms with Gasteiger partial charge >= 0.3 is 0 Å². The van der Waals surface area contributed by atoms with E-state index in [1.54, 1.807) is 0 Å². The summed E-state index contributed by atoms with van der Waals surface area (Å²) < 4.78 is 13.7. The van der Waals surface area contributed by atoms with Gasteiger partial charge in [0, 0.05) is 12.6 Å². The fraction of sp³-hybridized carbons (Fsp3) is 0.600. The molecule has 0 bridgehead atoms. The van der Waals surface area contributed by atoms with Gasteiger partial charge in [-0.25, -0.2) is 4.39 Å². The van der Waals surface area contributed by atoms with Crippen molar-refractivity contribution in [1.29, 1.82) is 0 Å². The molecule has 2 rings (SSSR count). The third kappa shape index (κ3) is 3.55. The van der Waals surface area contributed by atoms with Crippen molar-refractivity contribution in [3.05, 3.63) is 34.1 Å². The topological polar surface area (TPSA) is 12.0 Å². The summed E-state index contributed by atoms with van der Waals surface area (Å²) in [6.45, 7) is 5.49. The summed E-state index contributed by atoms with van der Waals surface area (Å²) in [6.07, 6.45) is 3.88. The van der Waals surface area contributed by atoms with Crippen molar-refractivity contribution < 1.29 is 4.39 Å². The second kappa shape index (κ2) is 6.16. The van der Waals surface area contributed by atoms with Gasteiger partial charge in [0.15, 0.2) is 0 Å². The van der Waals surface area contributed by atoms with Crippen LogP contribution in [0.4, 0.5) is 4.39 Å². The lowest BCUT2D eigenvalue weighted by Crippen LogP contribution is -2.38. The number of hydrogen-bond acceptors (Lipinski definition) is 1. The maximum Gasteiger partial charge on any atom is 0.137 e. The minimum absolute atomic E-state index is 0.196. The van der Waals surface area contributed by atoms with E-state index in [4.69, 9.17) is 0 Å². The van der Waals surface area contributed by atoms with Gasteiger partial charge in [0.25, 0.3) is 0 Å². The zero-order chi connectivity index (χ0) is 13.1. The highest BCUT2D eigenvalue weighted by atomic mass is 79.9. The van der Waals surface area contributed by atoms with Crippen LogP contribution in [0.1, 0.15) is 38.7 Å². The Morgan fingerprint density at radius 1 is 1.33 bits per heavy atom. The van der Waals surface area contributed by atoms with Crippen LogP contribution in [0.15, 0.2) is 22.7 Å². The first-order chi connectivity index (χ1) is 8.56. The average Bonchev–Trinajstić information content (AvgIpc) is 2.32. The molecule has 1 N–H and O–H groups in total. The third-order valence-electron chi connectivity index (χ3n) is 3.98. The van der Waals surface area contributed by atoms with Crippen LogP contribution in [0, 0.1) is 17.7 Å². The normalized spacial score (nSPS) is 28.3. The van der Waals surface area contributed by atoms with Crippen LogP contribution in [0.25, 0.3) is 0 Å². The van der Waals surface area contributed by atoms with Crippen molar-refractivity contribution >= 4 is 15.9 Å². The Balaban J connectivity index is 1.89.